The van der Waals surface area contributed by atoms with Crippen molar-refractivity contribution in [2.45, 2.75) is 32.7 Å². The first kappa shape index (κ1) is 16.7. The van der Waals surface area contributed by atoms with Crippen molar-refractivity contribution in [3.63, 3.8) is 0 Å². The van der Waals surface area contributed by atoms with Crippen molar-refractivity contribution in [2.75, 3.05) is 0 Å². The highest BCUT2D eigenvalue weighted by atomic mass is 15.4. The monoisotopic (exact) mass is 368 g/mol. The number of rotatable bonds is 4. The van der Waals surface area contributed by atoms with Crippen molar-refractivity contribution in [1.82, 2.24) is 24.8 Å². The lowest BCUT2D eigenvalue weighted by Gasteiger charge is -2.06. The Balaban J connectivity index is 1.51. The summed E-state index contributed by atoms with van der Waals surface area (Å²) in [5.74, 6) is 0.841. The fraction of sp³-hybridized carbons (Fsp3) is 0.227. The number of fused-ring (bicyclic) bond motifs is 2. The molecule has 4 heterocycles. The maximum atomic E-state index is 4.64. The Bertz CT molecular complexity index is 1250. The van der Waals surface area contributed by atoms with Crippen LogP contribution in [0.25, 0.3) is 22.1 Å². The normalized spacial score (nSPS) is 16.2. The molecule has 1 aliphatic rings. The minimum absolute atomic E-state index is 0.235. The number of benzene rings is 1. The molecule has 0 amide bonds. The molecule has 0 bridgehead atoms. The molecule has 1 aliphatic heterocycles. The van der Waals surface area contributed by atoms with Gasteiger partial charge >= 0.3 is 0 Å². The van der Waals surface area contributed by atoms with E-state index in [0.717, 1.165) is 51.2 Å². The van der Waals surface area contributed by atoms with Gasteiger partial charge in [-0.25, -0.2) is 0 Å². The highest BCUT2D eigenvalue weighted by Crippen LogP contribution is 2.23. The van der Waals surface area contributed by atoms with Crippen LogP contribution in [0, 0.1) is 0 Å². The summed E-state index contributed by atoms with van der Waals surface area (Å²) in [6.45, 7) is 4.17. The SMILES string of the molecule is CCc1ccc2nnc(Cc3ccc4ncc(C5=CC(C)N=C5)cc4c3)n2n1. The van der Waals surface area contributed by atoms with Crippen molar-refractivity contribution < 1.29 is 0 Å². The average Bonchev–Trinajstić information content (AvgIpc) is 3.33. The maximum absolute atomic E-state index is 4.64. The Kier molecular flexibility index (Phi) is 3.97. The standard InChI is InChI=1S/C22H20N6/c1-3-19-5-7-21-25-26-22(28(21)27-19)10-15-4-6-20-16(9-15)11-18(13-24-20)17-8-14(2)23-12-17/h4-9,11-14H,3,10H2,1-2H3. The van der Waals surface area contributed by atoms with E-state index in [9.17, 15) is 0 Å². The van der Waals surface area contributed by atoms with E-state index >= 15 is 0 Å². The Morgan fingerprint density at radius 2 is 2.00 bits per heavy atom. The van der Waals surface area contributed by atoms with Crippen LogP contribution in [0.2, 0.25) is 0 Å². The number of aliphatic imine (C=N–C) groups is 1. The molecule has 138 valence electrons. The fourth-order valence-electron chi connectivity index (χ4n) is 3.52. The molecule has 0 aliphatic carbocycles. The van der Waals surface area contributed by atoms with Crippen LogP contribution in [-0.4, -0.2) is 37.1 Å². The topological polar surface area (TPSA) is 68.3 Å². The Hall–Kier alpha value is -3.41. The molecule has 5 rings (SSSR count). The van der Waals surface area contributed by atoms with Gasteiger partial charge in [-0.3, -0.25) is 9.98 Å². The van der Waals surface area contributed by atoms with Crippen LogP contribution in [0.15, 0.2) is 53.7 Å². The lowest BCUT2D eigenvalue weighted by molar-refractivity contribution is 0.802. The van der Waals surface area contributed by atoms with E-state index in [1.54, 1.807) is 0 Å². The Labute approximate surface area is 162 Å². The number of hydrogen-bond acceptors (Lipinski definition) is 5. The molecule has 6 nitrogen and oxygen atoms in total. The van der Waals surface area contributed by atoms with Gasteiger partial charge in [0.25, 0.3) is 0 Å². The van der Waals surface area contributed by atoms with Crippen molar-refractivity contribution in [1.29, 1.82) is 0 Å². The highest BCUT2D eigenvalue weighted by Gasteiger charge is 2.11. The fourth-order valence-corrected chi connectivity index (χ4v) is 3.52. The van der Waals surface area contributed by atoms with Gasteiger partial charge < -0.3 is 0 Å². The molecule has 1 aromatic carbocycles. The summed E-state index contributed by atoms with van der Waals surface area (Å²) < 4.78 is 1.85. The maximum Gasteiger partial charge on any atom is 0.177 e. The molecule has 0 saturated heterocycles. The van der Waals surface area contributed by atoms with E-state index in [2.05, 4.69) is 69.5 Å². The van der Waals surface area contributed by atoms with Gasteiger partial charge in [0, 0.05) is 29.8 Å². The molecule has 1 unspecified atom stereocenters. The summed E-state index contributed by atoms with van der Waals surface area (Å²) in [6.07, 6.45) is 7.56. The number of aryl methyl sites for hydroxylation is 1. The zero-order chi connectivity index (χ0) is 19.1. The van der Waals surface area contributed by atoms with Gasteiger partial charge in [-0.05, 0) is 54.8 Å². The van der Waals surface area contributed by atoms with E-state index in [1.807, 2.05) is 29.1 Å². The third-order valence-corrected chi connectivity index (χ3v) is 5.06. The molecular weight excluding hydrogens is 348 g/mol. The number of nitrogens with zero attached hydrogens (tertiary/aromatic N) is 6. The predicted molar refractivity (Wildman–Crippen MR) is 111 cm³/mol. The number of pyridine rings is 1. The van der Waals surface area contributed by atoms with Crippen molar-refractivity contribution in [2.24, 2.45) is 4.99 Å². The summed E-state index contributed by atoms with van der Waals surface area (Å²) in [6, 6.07) is 12.7. The summed E-state index contributed by atoms with van der Waals surface area (Å²) >= 11 is 0. The molecule has 0 radical (unpaired) electrons. The number of hydrogen-bond donors (Lipinski definition) is 0. The van der Waals surface area contributed by atoms with E-state index in [-0.39, 0.29) is 6.04 Å². The van der Waals surface area contributed by atoms with Crippen LogP contribution in [0.5, 0.6) is 0 Å². The molecule has 4 aromatic rings. The first-order valence-corrected chi connectivity index (χ1v) is 9.54. The first-order valence-electron chi connectivity index (χ1n) is 9.54. The molecule has 0 fully saturated rings. The zero-order valence-corrected chi connectivity index (χ0v) is 15.9. The van der Waals surface area contributed by atoms with E-state index in [1.165, 1.54) is 0 Å². The van der Waals surface area contributed by atoms with Crippen LogP contribution in [-0.2, 0) is 12.8 Å². The van der Waals surface area contributed by atoms with Gasteiger partial charge in [0.05, 0.1) is 17.3 Å². The van der Waals surface area contributed by atoms with Gasteiger partial charge in [0.15, 0.2) is 11.5 Å². The third kappa shape index (κ3) is 2.97. The Morgan fingerprint density at radius 3 is 2.82 bits per heavy atom. The summed E-state index contributed by atoms with van der Waals surface area (Å²) in [4.78, 5) is 9.03. The van der Waals surface area contributed by atoms with Crippen molar-refractivity contribution in [3.8, 4) is 0 Å². The first-order chi connectivity index (χ1) is 13.7. The van der Waals surface area contributed by atoms with Crippen LogP contribution < -0.4 is 0 Å². The summed E-state index contributed by atoms with van der Waals surface area (Å²) in [5.41, 5.74) is 6.17. The molecule has 0 N–H and O–H groups in total. The van der Waals surface area contributed by atoms with Crippen LogP contribution in [0.3, 0.4) is 0 Å². The smallest absolute Gasteiger partial charge is 0.177 e. The molecule has 1 atom stereocenters. The minimum Gasteiger partial charge on any atom is -0.285 e. The van der Waals surface area contributed by atoms with Crippen LogP contribution >= 0.6 is 0 Å². The second-order valence-electron chi connectivity index (χ2n) is 7.13. The van der Waals surface area contributed by atoms with Gasteiger partial charge in [0.2, 0.25) is 0 Å². The molecule has 6 heteroatoms. The minimum atomic E-state index is 0.235. The van der Waals surface area contributed by atoms with Crippen LogP contribution in [0.1, 0.15) is 36.5 Å². The molecule has 28 heavy (non-hydrogen) atoms. The van der Waals surface area contributed by atoms with E-state index in [4.69, 9.17) is 0 Å². The average molecular weight is 368 g/mol. The van der Waals surface area contributed by atoms with Crippen molar-refractivity contribution in [3.05, 3.63) is 71.3 Å². The molecule has 0 saturated carbocycles. The lowest BCUT2D eigenvalue weighted by atomic mass is 10.0. The van der Waals surface area contributed by atoms with Gasteiger partial charge in [0.1, 0.15) is 0 Å². The van der Waals surface area contributed by atoms with Gasteiger partial charge in [-0.1, -0.05) is 19.1 Å². The highest BCUT2D eigenvalue weighted by molar-refractivity contribution is 6.12. The van der Waals surface area contributed by atoms with E-state index in [0.29, 0.717) is 6.42 Å². The van der Waals surface area contributed by atoms with Gasteiger partial charge in [-0.15, -0.1) is 10.2 Å². The Morgan fingerprint density at radius 1 is 1.07 bits per heavy atom. The lowest BCUT2D eigenvalue weighted by Crippen LogP contribution is -2.02. The summed E-state index contributed by atoms with van der Waals surface area (Å²) in [7, 11) is 0. The summed E-state index contributed by atoms with van der Waals surface area (Å²) in [5, 5.41) is 14.3. The predicted octanol–water partition coefficient (Wildman–Crippen LogP) is 3.68. The molecule has 3 aromatic heterocycles. The third-order valence-electron chi connectivity index (χ3n) is 5.06. The van der Waals surface area contributed by atoms with Gasteiger partial charge in [-0.2, -0.15) is 9.61 Å². The number of allylic oxidation sites excluding steroid dienone is 1. The van der Waals surface area contributed by atoms with Crippen LogP contribution in [0.4, 0.5) is 0 Å². The van der Waals surface area contributed by atoms with Crippen molar-refractivity contribution >= 4 is 28.3 Å². The number of aromatic nitrogens is 5. The zero-order valence-electron chi connectivity index (χ0n) is 15.9. The van der Waals surface area contributed by atoms with E-state index < -0.39 is 0 Å². The second-order valence-corrected chi connectivity index (χ2v) is 7.13. The molecule has 0 spiro atoms. The second kappa shape index (κ2) is 6.64. The molecular formula is C22H20N6. The quantitative estimate of drug-likeness (QED) is 0.551. The largest absolute Gasteiger partial charge is 0.285 e.